The van der Waals surface area contributed by atoms with Crippen molar-refractivity contribution in [1.82, 2.24) is 0 Å². The number of amides is 1. The molecule has 0 spiro atoms. The molecule has 1 amide bonds. The van der Waals surface area contributed by atoms with Gasteiger partial charge in [0.2, 0.25) is 5.91 Å². The van der Waals surface area contributed by atoms with Crippen molar-refractivity contribution >= 4 is 23.2 Å². The highest BCUT2D eigenvalue weighted by Gasteiger charge is 2.18. The maximum atomic E-state index is 13.9. The van der Waals surface area contributed by atoms with Gasteiger partial charge in [0, 0.05) is 0 Å². The second kappa shape index (κ2) is 6.53. The number of hydrogen-bond acceptors (Lipinski definition) is 1. The Labute approximate surface area is 122 Å². The van der Waals surface area contributed by atoms with Gasteiger partial charge in [0.25, 0.3) is 0 Å². The van der Waals surface area contributed by atoms with Crippen molar-refractivity contribution in [2.24, 2.45) is 0 Å². The summed E-state index contributed by atoms with van der Waals surface area (Å²) in [4.78, 5) is 13.4. The molecule has 0 aromatic heterocycles. The second-order valence-corrected chi connectivity index (χ2v) is 4.76. The first-order chi connectivity index (χ1) is 9.63. The lowest BCUT2D eigenvalue weighted by Gasteiger charge is -2.23. The van der Waals surface area contributed by atoms with Gasteiger partial charge in [-0.05, 0) is 30.2 Å². The van der Waals surface area contributed by atoms with E-state index in [1.54, 1.807) is 18.2 Å². The van der Waals surface area contributed by atoms with Gasteiger partial charge < -0.3 is 4.90 Å². The van der Waals surface area contributed by atoms with E-state index in [9.17, 15) is 9.18 Å². The van der Waals surface area contributed by atoms with Gasteiger partial charge in [-0.2, -0.15) is 0 Å². The van der Waals surface area contributed by atoms with Crippen molar-refractivity contribution in [1.29, 1.82) is 0 Å². The number of halogens is 2. The number of carbonyl (C=O) groups is 1. The van der Waals surface area contributed by atoms with E-state index in [1.807, 2.05) is 31.2 Å². The molecule has 0 aliphatic heterocycles. The van der Waals surface area contributed by atoms with E-state index in [-0.39, 0.29) is 17.5 Å². The van der Waals surface area contributed by atoms with Gasteiger partial charge in [-0.3, -0.25) is 4.79 Å². The fourth-order valence-corrected chi connectivity index (χ4v) is 2.15. The lowest BCUT2D eigenvalue weighted by atomic mass is 10.1. The Balaban J connectivity index is 2.37. The summed E-state index contributed by atoms with van der Waals surface area (Å²) >= 11 is 5.64. The van der Waals surface area contributed by atoms with Crippen LogP contribution in [0.3, 0.4) is 0 Å². The number of carbonyl (C=O) groups excluding carboxylic acids is 1. The van der Waals surface area contributed by atoms with Crippen molar-refractivity contribution in [3.8, 4) is 0 Å². The number of para-hydroxylation sites is 1. The van der Waals surface area contributed by atoms with Gasteiger partial charge in [-0.15, -0.1) is 11.6 Å². The maximum Gasteiger partial charge on any atom is 0.242 e. The Morgan fingerprint density at radius 3 is 2.45 bits per heavy atom. The summed E-state index contributed by atoms with van der Waals surface area (Å²) in [7, 11) is 0. The number of rotatable bonds is 4. The van der Waals surface area contributed by atoms with E-state index in [0.29, 0.717) is 6.54 Å². The predicted molar refractivity (Wildman–Crippen MR) is 79.5 cm³/mol. The Hall–Kier alpha value is -1.87. The van der Waals surface area contributed by atoms with Crippen LogP contribution < -0.4 is 4.90 Å². The zero-order chi connectivity index (χ0) is 14.5. The molecule has 2 aromatic carbocycles. The molecule has 104 valence electrons. The number of hydrogen-bond donors (Lipinski definition) is 0. The molecule has 0 unspecified atom stereocenters. The van der Waals surface area contributed by atoms with Crippen molar-refractivity contribution < 1.29 is 9.18 Å². The van der Waals surface area contributed by atoms with Crippen LogP contribution in [-0.4, -0.2) is 11.8 Å². The van der Waals surface area contributed by atoms with E-state index in [0.717, 1.165) is 11.1 Å². The van der Waals surface area contributed by atoms with E-state index in [1.165, 1.54) is 11.0 Å². The predicted octanol–water partition coefficient (Wildman–Crippen LogP) is 3.91. The summed E-state index contributed by atoms with van der Waals surface area (Å²) in [6.45, 7) is 2.26. The highest BCUT2D eigenvalue weighted by molar-refractivity contribution is 6.29. The molecule has 0 bridgehead atoms. The van der Waals surface area contributed by atoms with E-state index >= 15 is 0 Å². The molecule has 0 heterocycles. The summed E-state index contributed by atoms with van der Waals surface area (Å²) < 4.78 is 13.9. The van der Waals surface area contributed by atoms with Gasteiger partial charge in [-0.1, -0.05) is 36.4 Å². The molecule has 0 saturated heterocycles. The third-order valence-corrected chi connectivity index (χ3v) is 3.38. The Morgan fingerprint density at radius 1 is 1.15 bits per heavy atom. The van der Waals surface area contributed by atoms with Crippen LogP contribution in [0, 0.1) is 12.7 Å². The van der Waals surface area contributed by atoms with Crippen molar-refractivity contribution in [3.05, 3.63) is 65.5 Å². The molecule has 4 heteroatoms. The maximum absolute atomic E-state index is 13.9. The van der Waals surface area contributed by atoms with Crippen LogP contribution in [0.5, 0.6) is 0 Å². The monoisotopic (exact) mass is 291 g/mol. The second-order valence-electron chi connectivity index (χ2n) is 4.49. The number of nitrogens with zero attached hydrogens (tertiary/aromatic N) is 1. The van der Waals surface area contributed by atoms with Crippen molar-refractivity contribution in [3.63, 3.8) is 0 Å². The van der Waals surface area contributed by atoms with Gasteiger partial charge in [0.1, 0.15) is 11.7 Å². The number of aryl methyl sites for hydroxylation is 1. The lowest BCUT2D eigenvalue weighted by Crippen LogP contribution is -2.32. The molecule has 0 saturated carbocycles. The molecular weight excluding hydrogens is 277 g/mol. The van der Waals surface area contributed by atoms with E-state index in [2.05, 4.69) is 0 Å². The quantitative estimate of drug-likeness (QED) is 0.782. The average Bonchev–Trinajstić information content (AvgIpc) is 2.47. The van der Waals surface area contributed by atoms with Crippen molar-refractivity contribution in [2.45, 2.75) is 13.5 Å². The summed E-state index contributed by atoms with van der Waals surface area (Å²) in [5.74, 6) is -0.931. The van der Waals surface area contributed by atoms with Crippen LogP contribution in [-0.2, 0) is 11.3 Å². The summed E-state index contributed by atoms with van der Waals surface area (Å²) in [5.41, 5.74) is 2.27. The van der Waals surface area contributed by atoms with Crippen LogP contribution >= 0.6 is 11.6 Å². The largest absolute Gasteiger partial charge is 0.304 e. The minimum Gasteiger partial charge on any atom is -0.304 e. The SMILES string of the molecule is Cc1ccccc1CN(C(=O)CCl)c1ccccc1F. The highest BCUT2D eigenvalue weighted by atomic mass is 35.5. The van der Waals surface area contributed by atoms with Gasteiger partial charge in [0.05, 0.1) is 12.2 Å². The number of benzene rings is 2. The molecule has 0 radical (unpaired) electrons. The Morgan fingerprint density at radius 2 is 1.80 bits per heavy atom. The van der Waals surface area contributed by atoms with Gasteiger partial charge >= 0.3 is 0 Å². The van der Waals surface area contributed by atoms with Crippen LogP contribution in [0.15, 0.2) is 48.5 Å². The third kappa shape index (κ3) is 3.17. The number of alkyl halides is 1. The topological polar surface area (TPSA) is 20.3 Å². The lowest BCUT2D eigenvalue weighted by molar-refractivity contribution is -0.116. The molecule has 20 heavy (non-hydrogen) atoms. The summed E-state index contributed by atoms with van der Waals surface area (Å²) in [6, 6.07) is 13.9. The van der Waals surface area contributed by atoms with E-state index < -0.39 is 5.82 Å². The standard InChI is InChI=1S/C16H15ClFNO/c1-12-6-2-3-7-13(12)11-19(16(20)10-17)15-9-5-4-8-14(15)18/h2-9H,10-11H2,1H3. The minimum atomic E-state index is -0.431. The third-order valence-electron chi connectivity index (χ3n) is 3.15. The summed E-state index contributed by atoms with van der Waals surface area (Å²) in [5, 5.41) is 0. The molecule has 0 aliphatic carbocycles. The average molecular weight is 292 g/mol. The summed E-state index contributed by atoms with van der Waals surface area (Å²) in [6.07, 6.45) is 0. The fraction of sp³-hybridized carbons (Fsp3) is 0.188. The molecular formula is C16H15ClFNO. The van der Waals surface area contributed by atoms with Crippen LogP contribution in [0.1, 0.15) is 11.1 Å². The molecule has 0 N–H and O–H groups in total. The fourth-order valence-electron chi connectivity index (χ4n) is 2.01. The minimum absolute atomic E-state index is 0.180. The van der Waals surface area contributed by atoms with E-state index in [4.69, 9.17) is 11.6 Å². The normalized spacial score (nSPS) is 10.3. The Bertz CT molecular complexity index is 615. The van der Waals surface area contributed by atoms with Crippen LogP contribution in [0.2, 0.25) is 0 Å². The smallest absolute Gasteiger partial charge is 0.242 e. The highest BCUT2D eigenvalue weighted by Crippen LogP contribution is 2.22. The molecule has 2 rings (SSSR count). The number of anilines is 1. The molecule has 0 aliphatic rings. The zero-order valence-corrected chi connectivity index (χ0v) is 11.9. The first-order valence-electron chi connectivity index (χ1n) is 6.29. The first-order valence-corrected chi connectivity index (χ1v) is 6.82. The Kier molecular flexibility index (Phi) is 4.74. The molecule has 0 atom stereocenters. The van der Waals surface area contributed by atoms with Crippen LogP contribution in [0.4, 0.5) is 10.1 Å². The first kappa shape index (κ1) is 14.5. The molecule has 0 fully saturated rings. The van der Waals surface area contributed by atoms with Crippen molar-refractivity contribution in [2.75, 3.05) is 10.8 Å². The van der Waals surface area contributed by atoms with Gasteiger partial charge in [0.15, 0.2) is 0 Å². The van der Waals surface area contributed by atoms with Crippen LogP contribution in [0.25, 0.3) is 0 Å². The molecule has 2 nitrogen and oxygen atoms in total. The van der Waals surface area contributed by atoms with Gasteiger partial charge in [-0.25, -0.2) is 4.39 Å². The molecule has 2 aromatic rings. The zero-order valence-electron chi connectivity index (χ0n) is 11.1.